The molecule has 2 rings (SSSR count). The summed E-state index contributed by atoms with van der Waals surface area (Å²) in [7, 11) is 0. The Labute approximate surface area is 111 Å². The fraction of sp³-hybridized carbons (Fsp3) is 0.429. The highest BCUT2D eigenvalue weighted by Crippen LogP contribution is 2.22. The van der Waals surface area contributed by atoms with Crippen LogP contribution in [0.3, 0.4) is 0 Å². The number of nitrogens with zero attached hydrogens (tertiary/aromatic N) is 2. The van der Waals surface area contributed by atoms with Crippen molar-refractivity contribution >= 4 is 5.97 Å². The molecule has 2 unspecified atom stereocenters. The third-order valence-corrected chi connectivity index (χ3v) is 3.51. The Balaban J connectivity index is 2.17. The van der Waals surface area contributed by atoms with Crippen LogP contribution in [0.5, 0.6) is 0 Å². The number of likely N-dealkylation sites (tertiary alicyclic amines) is 1. The number of carboxylic acid groups (broad SMARTS) is 1. The van der Waals surface area contributed by atoms with Gasteiger partial charge in [0.25, 0.3) is 0 Å². The number of aliphatic hydroxyl groups excluding tert-OH is 1. The topological polar surface area (TPSA) is 84.6 Å². The van der Waals surface area contributed by atoms with E-state index in [2.05, 4.69) is 6.07 Å². The average Bonchev–Trinajstić information content (AvgIpc) is 2.73. The highest BCUT2D eigenvalue weighted by Gasteiger charge is 2.35. The number of carboxylic acids is 1. The standard InChI is InChI=1S/C14H16N2O3/c1-9-4-10(6-15)2-3-11(9)7-16-8-12(17)5-13(16)14(18)19/h2-4,12-13,17H,5,7-8H2,1H3,(H,18,19). The molecule has 1 aliphatic rings. The molecule has 5 nitrogen and oxygen atoms in total. The third kappa shape index (κ3) is 2.92. The summed E-state index contributed by atoms with van der Waals surface area (Å²) >= 11 is 0. The largest absolute Gasteiger partial charge is 0.480 e. The first kappa shape index (κ1) is 13.5. The van der Waals surface area contributed by atoms with Crippen LogP contribution >= 0.6 is 0 Å². The molecule has 1 aliphatic heterocycles. The van der Waals surface area contributed by atoms with Gasteiger partial charge in [-0.1, -0.05) is 6.07 Å². The smallest absolute Gasteiger partial charge is 0.321 e. The fourth-order valence-electron chi connectivity index (χ4n) is 2.47. The molecule has 1 fully saturated rings. The van der Waals surface area contributed by atoms with E-state index in [4.69, 9.17) is 10.4 Å². The maximum Gasteiger partial charge on any atom is 0.321 e. The Hall–Kier alpha value is -1.90. The molecule has 1 saturated heterocycles. The quantitative estimate of drug-likeness (QED) is 0.843. The summed E-state index contributed by atoms with van der Waals surface area (Å²) in [5.41, 5.74) is 2.54. The average molecular weight is 260 g/mol. The monoisotopic (exact) mass is 260 g/mol. The van der Waals surface area contributed by atoms with E-state index in [-0.39, 0.29) is 6.42 Å². The zero-order valence-corrected chi connectivity index (χ0v) is 10.7. The highest BCUT2D eigenvalue weighted by molar-refractivity contribution is 5.74. The maximum atomic E-state index is 11.1. The summed E-state index contributed by atoms with van der Waals surface area (Å²) in [6.07, 6.45) is -0.315. The summed E-state index contributed by atoms with van der Waals surface area (Å²) in [5, 5.41) is 27.6. The molecule has 0 bridgehead atoms. The van der Waals surface area contributed by atoms with Crippen LogP contribution in [-0.4, -0.2) is 39.8 Å². The van der Waals surface area contributed by atoms with Crippen molar-refractivity contribution in [2.45, 2.75) is 32.0 Å². The minimum Gasteiger partial charge on any atom is -0.480 e. The maximum absolute atomic E-state index is 11.1. The van der Waals surface area contributed by atoms with Gasteiger partial charge in [-0.05, 0) is 30.2 Å². The molecule has 100 valence electrons. The number of aryl methyl sites for hydroxylation is 1. The molecule has 1 aromatic rings. The van der Waals surface area contributed by atoms with Crippen molar-refractivity contribution in [2.75, 3.05) is 6.54 Å². The summed E-state index contributed by atoms with van der Waals surface area (Å²) in [6.45, 7) is 2.75. The molecule has 19 heavy (non-hydrogen) atoms. The molecule has 2 atom stereocenters. The first-order chi connectivity index (χ1) is 9.01. The molecule has 0 saturated carbocycles. The van der Waals surface area contributed by atoms with Crippen LogP contribution in [0.2, 0.25) is 0 Å². The van der Waals surface area contributed by atoms with Gasteiger partial charge < -0.3 is 10.2 Å². The molecule has 1 aromatic carbocycles. The molecular weight excluding hydrogens is 244 g/mol. The minimum absolute atomic E-state index is 0.269. The van der Waals surface area contributed by atoms with Crippen molar-refractivity contribution in [3.63, 3.8) is 0 Å². The summed E-state index contributed by atoms with van der Waals surface area (Å²) in [6, 6.07) is 6.80. The van der Waals surface area contributed by atoms with Gasteiger partial charge in [-0.3, -0.25) is 9.69 Å². The van der Waals surface area contributed by atoms with Crippen molar-refractivity contribution in [1.29, 1.82) is 5.26 Å². The van der Waals surface area contributed by atoms with Crippen molar-refractivity contribution in [3.05, 3.63) is 34.9 Å². The van der Waals surface area contributed by atoms with Crippen LogP contribution in [0.4, 0.5) is 0 Å². The van der Waals surface area contributed by atoms with E-state index < -0.39 is 18.1 Å². The molecule has 0 spiro atoms. The number of β-amino-alcohol motifs (C(OH)–C–C–N with tert-alkyl or cyclic N) is 1. The van der Waals surface area contributed by atoms with Gasteiger partial charge in [-0.25, -0.2) is 0 Å². The van der Waals surface area contributed by atoms with Gasteiger partial charge in [0.1, 0.15) is 6.04 Å². The zero-order valence-electron chi connectivity index (χ0n) is 10.7. The van der Waals surface area contributed by atoms with E-state index in [1.807, 2.05) is 13.0 Å². The molecular formula is C14H16N2O3. The number of benzene rings is 1. The van der Waals surface area contributed by atoms with Crippen molar-refractivity contribution < 1.29 is 15.0 Å². The highest BCUT2D eigenvalue weighted by atomic mass is 16.4. The number of rotatable bonds is 3. The van der Waals surface area contributed by atoms with Crippen LogP contribution in [0.1, 0.15) is 23.1 Å². The molecule has 0 aromatic heterocycles. The first-order valence-corrected chi connectivity index (χ1v) is 6.16. The van der Waals surface area contributed by atoms with Crippen LogP contribution in [-0.2, 0) is 11.3 Å². The van der Waals surface area contributed by atoms with E-state index in [1.165, 1.54) is 0 Å². The van der Waals surface area contributed by atoms with Gasteiger partial charge >= 0.3 is 5.97 Å². The Kier molecular flexibility index (Phi) is 3.84. The summed E-state index contributed by atoms with van der Waals surface area (Å²) in [5.74, 6) is -0.900. The number of aliphatic hydroxyl groups is 1. The van der Waals surface area contributed by atoms with Gasteiger partial charge in [0.2, 0.25) is 0 Å². The van der Waals surface area contributed by atoms with Crippen LogP contribution in [0.25, 0.3) is 0 Å². The van der Waals surface area contributed by atoms with Crippen molar-refractivity contribution in [2.24, 2.45) is 0 Å². The minimum atomic E-state index is -0.900. The lowest BCUT2D eigenvalue weighted by Gasteiger charge is -2.21. The van der Waals surface area contributed by atoms with Gasteiger partial charge in [0.15, 0.2) is 0 Å². The van der Waals surface area contributed by atoms with E-state index in [0.29, 0.717) is 18.7 Å². The Bertz CT molecular complexity index is 536. The fourth-order valence-corrected chi connectivity index (χ4v) is 2.47. The summed E-state index contributed by atoms with van der Waals surface area (Å²) in [4.78, 5) is 12.9. The van der Waals surface area contributed by atoms with Gasteiger partial charge in [0, 0.05) is 19.5 Å². The molecule has 1 heterocycles. The van der Waals surface area contributed by atoms with Gasteiger partial charge in [-0.15, -0.1) is 0 Å². The molecule has 0 radical (unpaired) electrons. The normalized spacial score (nSPS) is 23.2. The van der Waals surface area contributed by atoms with Crippen LogP contribution in [0.15, 0.2) is 18.2 Å². The molecule has 0 aliphatic carbocycles. The SMILES string of the molecule is Cc1cc(C#N)ccc1CN1CC(O)CC1C(=O)O. The second-order valence-electron chi connectivity index (χ2n) is 4.93. The van der Waals surface area contributed by atoms with Crippen molar-refractivity contribution in [3.8, 4) is 6.07 Å². The third-order valence-electron chi connectivity index (χ3n) is 3.51. The van der Waals surface area contributed by atoms with Gasteiger partial charge in [0.05, 0.1) is 17.7 Å². The second-order valence-corrected chi connectivity index (χ2v) is 4.93. The summed E-state index contributed by atoms with van der Waals surface area (Å²) < 4.78 is 0. The van der Waals surface area contributed by atoms with E-state index in [0.717, 1.165) is 11.1 Å². The molecule has 2 N–H and O–H groups in total. The Morgan fingerprint density at radius 2 is 2.32 bits per heavy atom. The van der Waals surface area contributed by atoms with Gasteiger partial charge in [-0.2, -0.15) is 5.26 Å². The number of hydrogen-bond acceptors (Lipinski definition) is 4. The number of carbonyl (C=O) groups is 1. The lowest BCUT2D eigenvalue weighted by Crippen LogP contribution is -2.35. The second kappa shape index (κ2) is 5.39. The van der Waals surface area contributed by atoms with Crippen molar-refractivity contribution in [1.82, 2.24) is 4.90 Å². The number of nitriles is 1. The van der Waals surface area contributed by atoms with E-state index in [9.17, 15) is 9.90 Å². The lowest BCUT2D eigenvalue weighted by atomic mass is 10.0. The number of hydrogen-bond donors (Lipinski definition) is 2. The van der Waals surface area contributed by atoms with Crippen LogP contribution in [0, 0.1) is 18.3 Å². The predicted octanol–water partition coefficient (Wildman–Crippen LogP) is 0.887. The van der Waals surface area contributed by atoms with E-state index in [1.54, 1.807) is 17.0 Å². The van der Waals surface area contributed by atoms with E-state index >= 15 is 0 Å². The Morgan fingerprint density at radius 1 is 1.58 bits per heavy atom. The molecule has 5 heteroatoms. The first-order valence-electron chi connectivity index (χ1n) is 6.16. The lowest BCUT2D eigenvalue weighted by molar-refractivity contribution is -0.142. The predicted molar refractivity (Wildman–Crippen MR) is 68.4 cm³/mol. The number of aliphatic carboxylic acids is 1. The zero-order chi connectivity index (χ0) is 14.0. The molecule has 0 amide bonds. The van der Waals surface area contributed by atoms with Crippen LogP contribution < -0.4 is 0 Å². The Morgan fingerprint density at radius 3 is 2.89 bits per heavy atom.